The van der Waals surface area contributed by atoms with Crippen molar-refractivity contribution in [3.05, 3.63) is 16.1 Å². The first-order valence-electron chi connectivity index (χ1n) is 7.28. The van der Waals surface area contributed by atoms with Gasteiger partial charge in [0.2, 0.25) is 0 Å². The molecule has 1 aliphatic rings. The van der Waals surface area contributed by atoms with Crippen molar-refractivity contribution in [1.82, 2.24) is 10.3 Å². The molecule has 0 saturated carbocycles. The summed E-state index contributed by atoms with van der Waals surface area (Å²) in [6, 6.07) is 0.286. The maximum Gasteiger partial charge on any atom is 0.110 e. The molecule has 114 valence electrons. The average Bonchev–Trinajstić information content (AvgIpc) is 3.05. The van der Waals surface area contributed by atoms with Crippen LogP contribution in [0.4, 0.5) is 0 Å². The van der Waals surface area contributed by atoms with Gasteiger partial charge in [-0.3, -0.25) is 0 Å². The first kappa shape index (κ1) is 15.9. The van der Waals surface area contributed by atoms with Crippen LogP contribution in [0.3, 0.4) is 0 Å². The summed E-state index contributed by atoms with van der Waals surface area (Å²) >= 11 is 1.76. The molecular formula is C15H26N2O2S. The standard InChI is InChI=1S/C15H26N2O2S/c1-15(2,3)12-10-20-14(17-12)13(16-6-8-18-4)11-5-7-19-9-11/h10-11,13,16H,5-9H2,1-4H3. The molecule has 2 unspecified atom stereocenters. The van der Waals surface area contributed by atoms with E-state index in [4.69, 9.17) is 14.5 Å². The number of thiazole rings is 1. The molecule has 1 aliphatic heterocycles. The molecule has 1 aromatic heterocycles. The lowest BCUT2D eigenvalue weighted by molar-refractivity contribution is 0.168. The van der Waals surface area contributed by atoms with Gasteiger partial charge in [-0.1, -0.05) is 20.8 Å². The van der Waals surface area contributed by atoms with Crippen molar-refractivity contribution in [1.29, 1.82) is 0 Å². The third kappa shape index (κ3) is 4.01. The third-order valence-corrected chi connectivity index (χ3v) is 4.59. The van der Waals surface area contributed by atoms with E-state index < -0.39 is 0 Å². The number of hydrogen-bond donors (Lipinski definition) is 1. The maximum absolute atomic E-state index is 5.55. The molecule has 2 rings (SSSR count). The van der Waals surface area contributed by atoms with E-state index in [9.17, 15) is 0 Å². The van der Waals surface area contributed by atoms with Gasteiger partial charge in [0.25, 0.3) is 0 Å². The van der Waals surface area contributed by atoms with E-state index in [0.717, 1.165) is 32.8 Å². The van der Waals surface area contributed by atoms with Crippen LogP contribution in [0, 0.1) is 5.92 Å². The van der Waals surface area contributed by atoms with Crippen molar-refractivity contribution in [2.24, 2.45) is 5.92 Å². The Kier molecular flexibility index (Phi) is 5.55. The zero-order valence-corrected chi connectivity index (χ0v) is 13.8. The van der Waals surface area contributed by atoms with Gasteiger partial charge in [-0.25, -0.2) is 4.98 Å². The largest absolute Gasteiger partial charge is 0.383 e. The first-order valence-corrected chi connectivity index (χ1v) is 8.16. The highest BCUT2D eigenvalue weighted by Gasteiger charge is 2.30. The lowest BCUT2D eigenvalue weighted by atomic mass is 9.93. The Morgan fingerprint density at radius 1 is 1.55 bits per heavy atom. The van der Waals surface area contributed by atoms with Crippen LogP contribution in [0.15, 0.2) is 5.38 Å². The molecule has 0 aliphatic carbocycles. The lowest BCUT2D eigenvalue weighted by Crippen LogP contribution is -2.31. The quantitative estimate of drug-likeness (QED) is 0.820. The van der Waals surface area contributed by atoms with Crippen LogP contribution < -0.4 is 5.32 Å². The van der Waals surface area contributed by atoms with Crippen molar-refractivity contribution < 1.29 is 9.47 Å². The van der Waals surface area contributed by atoms with Crippen molar-refractivity contribution in [2.45, 2.75) is 38.6 Å². The highest BCUT2D eigenvalue weighted by atomic mass is 32.1. The molecule has 1 saturated heterocycles. The molecule has 0 spiro atoms. The second-order valence-electron chi connectivity index (χ2n) is 6.37. The van der Waals surface area contributed by atoms with Crippen molar-refractivity contribution in [2.75, 3.05) is 33.5 Å². The molecule has 0 bridgehead atoms. The highest BCUT2D eigenvalue weighted by Crippen LogP contribution is 2.33. The smallest absolute Gasteiger partial charge is 0.110 e. The summed E-state index contributed by atoms with van der Waals surface area (Å²) in [5.41, 5.74) is 1.29. The number of hydrogen-bond acceptors (Lipinski definition) is 5. The summed E-state index contributed by atoms with van der Waals surface area (Å²) in [6.45, 7) is 9.89. The minimum Gasteiger partial charge on any atom is -0.383 e. The van der Waals surface area contributed by atoms with Gasteiger partial charge in [0.1, 0.15) is 5.01 Å². The van der Waals surface area contributed by atoms with Gasteiger partial charge >= 0.3 is 0 Å². The monoisotopic (exact) mass is 298 g/mol. The topological polar surface area (TPSA) is 43.4 Å². The molecule has 2 heterocycles. The van der Waals surface area contributed by atoms with Crippen molar-refractivity contribution >= 4 is 11.3 Å². The summed E-state index contributed by atoms with van der Waals surface area (Å²) in [6.07, 6.45) is 1.11. The fraction of sp³-hybridized carbons (Fsp3) is 0.800. The first-order chi connectivity index (χ1) is 9.52. The van der Waals surface area contributed by atoms with Crippen LogP contribution in [-0.4, -0.2) is 38.5 Å². The van der Waals surface area contributed by atoms with Crippen LogP contribution in [0.1, 0.15) is 43.9 Å². The van der Waals surface area contributed by atoms with E-state index in [2.05, 4.69) is 31.5 Å². The van der Waals surface area contributed by atoms with E-state index in [1.54, 1.807) is 18.4 Å². The van der Waals surface area contributed by atoms with Crippen LogP contribution in [0.5, 0.6) is 0 Å². The van der Waals surface area contributed by atoms with Gasteiger partial charge in [-0.2, -0.15) is 0 Å². The molecule has 20 heavy (non-hydrogen) atoms. The summed E-state index contributed by atoms with van der Waals surface area (Å²) in [5, 5.41) is 6.96. The molecule has 2 atom stereocenters. The Labute approximate surface area is 125 Å². The number of methoxy groups -OCH3 is 1. The Morgan fingerprint density at radius 3 is 2.90 bits per heavy atom. The molecular weight excluding hydrogens is 272 g/mol. The minimum absolute atomic E-state index is 0.109. The summed E-state index contributed by atoms with van der Waals surface area (Å²) in [4.78, 5) is 4.86. The summed E-state index contributed by atoms with van der Waals surface area (Å²) in [7, 11) is 1.73. The lowest BCUT2D eigenvalue weighted by Gasteiger charge is -2.22. The van der Waals surface area contributed by atoms with Crippen LogP contribution in [-0.2, 0) is 14.9 Å². The zero-order valence-electron chi connectivity index (χ0n) is 12.9. The van der Waals surface area contributed by atoms with Crippen molar-refractivity contribution in [3.8, 4) is 0 Å². The Bertz CT molecular complexity index is 408. The Hall–Kier alpha value is -0.490. The normalized spacial score (nSPS) is 21.3. The average molecular weight is 298 g/mol. The number of nitrogens with zero attached hydrogens (tertiary/aromatic N) is 1. The van der Waals surface area contributed by atoms with Gasteiger partial charge in [-0.05, 0) is 6.42 Å². The number of rotatable bonds is 6. The van der Waals surface area contributed by atoms with E-state index in [-0.39, 0.29) is 11.5 Å². The second-order valence-corrected chi connectivity index (χ2v) is 7.26. The van der Waals surface area contributed by atoms with Crippen molar-refractivity contribution in [3.63, 3.8) is 0 Å². The number of nitrogens with one attached hydrogen (secondary N) is 1. The second kappa shape index (κ2) is 6.98. The van der Waals surface area contributed by atoms with Crippen LogP contribution in [0.25, 0.3) is 0 Å². The Balaban J connectivity index is 2.10. The molecule has 1 aromatic rings. The van der Waals surface area contributed by atoms with Gasteiger partial charge in [-0.15, -0.1) is 11.3 Å². The van der Waals surface area contributed by atoms with E-state index in [1.165, 1.54) is 10.7 Å². The molecule has 4 nitrogen and oxygen atoms in total. The predicted octanol–water partition coefficient (Wildman–Crippen LogP) is 2.75. The zero-order chi connectivity index (χ0) is 14.6. The molecule has 5 heteroatoms. The molecule has 1 fully saturated rings. The fourth-order valence-corrected chi connectivity index (χ4v) is 3.57. The third-order valence-electron chi connectivity index (χ3n) is 3.66. The fourth-order valence-electron chi connectivity index (χ4n) is 2.36. The highest BCUT2D eigenvalue weighted by molar-refractivity contribution is 7.09. The van der Waals surface area contributed by atoms with Gasteiger partial charge in [0.15, 0.2) is 0 Å². The van der Waals surface area contributed by atoms with Crippen LogP contribution >= 0.6 is 11.3 Å². The SMILES string of the molecule is COCCNC(c1nc(C(C)(C)C)cs1)C1CCOC1. The van der Waals surface area contributed by atoms with Gasteiger partial charge in [0, 0.05) is 37.0 Å². The van der Waals surface area contributed by atoms with Crippen LogP contribution in [0.2, 0.25) is 0 Å². The number of ether oxygens (including phenoxy) is 2. The molecule has 0 amide bonds. The predicted molar refractivity (Wildman–Crippen MR) is 82.4 cm³/mol. The number of aromatic nitrogens is 1. The minimum atomic E-state index is 0.109. The van der Waals surface area contributed by atoms with E-state index >= 15 is 0 Å². The van der Waals surface area contributed by atoms with E-state index in [0.29, 0.717) is 5.92 Å². The summed E-state index contributed by atoms with van der Waals surface area (Å²) in [5.74, 6) is 0.519. The van der Waals surface area contributed by atoms with Gasteiger partial charge < -0.3 is 14.8 Å². The molecule has 0 radical (unpaired) electrons. The maximum atomic E-state index is 5.55. The molecule has 0 aromatic carbocycles. The Morgan fingerprint density at radius 2 is 2.35 bits per heavy atom. The van der Waals surface area contributed by atoms with E-state index in [1.807, 2.05) is 0 Å². The molecule has 1 N–H and O–H groups in total. The van der Waals surface area contributed by atoms with Gasteiger partial charge in [0.05, 0.1) is 24.9 Å². The summed E-state index contributed by atoms with van der Waals surface area (Å²) < 4.78 is 10.7.